The van der Waals surface area contributed by atoms with Gasteiger partial charge in [-0.05, 0) is 29.7 Å². The molecule has 0 amide bonds. The molecule has 0 aliphatic carbocycles. The van der Waals surface area contributed by atoms with Gasteiger partial charge >= 0.3 is 0 Å². The average molecular weight is 397 g/mol. The lowest BCUT2D eigenvalue weighted by molar-refractivity contribution is -0.311. The van der Waals surface area contributed by atoms with Crippen molar-refractivity contribution >= 4 is 26.9 Å². The van der Waals surface area contributed by atoms with Crippen LogP contribution in [0.2, 0.25) is 0 Å². The smallest absolute Gasteiger partial charge is 0.244 e. The third-order valence-corrected chi connectivity index (χ3v) is 6.89. The molecule has 0 unspecified atom stereocenters. The lowest BCUT2D eigenvalue weighted by Crippen LogP contribution is -2.48. The van der Waals surface area contributed by atoms with E-state index in [1.54, 1.807) is 36.4 Å². The van der Waals surface area contributed by atoms with Crippen LogP contribution >= 0.6 is 0 Å². The summed E-state index contributed by atoms with van der Waals surface area (Å²) in [4.78, 5) is 16.1. The summed E-state index contributed by atoms with van der Waals surface area (Å²) >= 11 is 0. The zero-order valence-corrected chi connectivity index (χ0v) is 15.8. The first-order chi connectivity index (χ1) is 13.4. The number of carbonyl (C=O) groups is 1. The van der Waals surface area contributed by atoms with E-state index in [0.29, 0.717) is 28.6 Å². The zero-order chi connectivity index (χ0) is 19.9. The number of methoxy groups -OCH3 is 1. The van der Waals surface area contributed by atoms with Gasteiger partial charge in [0.25, 0.3) is 0 Å². The molecule has 3 aromatic rings. The molecular formula is C20H17N2O5S-. The van der Waals surface area contributed by atoms with E-state index >= 15 is 0 Å². The van der Waals surface area contributed by atoms with Crippen molar-refractivity contribution in [3.63, 3.8) is 0 Å². The number of aromatic nitrogens is 1. The number of carbonyl (C=O) groups excluding carboxylic acids is 1. The second kappa shape index (κ2) is 6.88. The van der Waals surface area contributed by atoms with Gasteiger partial charge in [0.05, 0.1) is 24.0 Å². The molecular weight excluding hydrogens is 380 g/mol. The second-order valence-corrected chi connectivity index (χ2v) is 8.31. The number of carboxylic acid groups (broad SMARTS) is 1. The number of benzene rings is 2. The third kappa shape index (κ3) is 2.81. The monoisotopic (exact) mass is 397 g/mol. The van der Waals surface area contributed by atoms with Crippen LogP contribution in [0.25, 0.3) is 10.9 Å². The molecule has 0 saturated heterocycles. The van der Waals surface area contributed by atoms with E-state index in [0.717, 1.165) is 9.87 Å². The molecule has 7 nitrogen and oxygen atoms in total. The maximum atomic E-state index is 13.5. The predicted octanol–water partition coefficient (Wildman–Crippen LogP) is 1.28. The molecule has 0 saturated carbocycles. The quantitative estimate of drug-likeness (QED) is 0.658. The molecule has 2 aromatic carbocycles. The SMILES string of the molecule is COc1cccc2c(S(=O)(=O)N3CCc4ccccc4[C@H]3C(=O)[O-])ccnc12. The van der Waals surface area contributed by atoms with Crippen molar-refractivity contribution in [2.24, 2.45) is 0 Å². The number of ether oxygens (including phenoxy) is 1. The van der Waals surface area contributed by atoms with Crippen LogP contribution in [-0.2, 0) is 21.2 Å². The van der Waals surface area contributed by atoms with Gasteiger partial charge in [-0.1, -0.05) is 36.4 Å². The molecule has 0 spiro atoms. The fourth-order valence-corrected chi connectivity index (χ4v) is 5.42. The van der Waals surface area contributed by atoms with E-state index < -0.39 is 22.0 Å². The number of aliphatic carboxylic acids is 1. The van der Waals surface area contributed by atoms with Crippen LogP contribution in [0, 0.1) is 0 Å². The number of carboxylic acids is 1. The molecule has 1 aliphatic rings. The first kappa shape index (κ1) is 18.4. The minimum Gasteiger partial charge on any atom is -0.548 e. The summed E-state index contributed by atoms with van der Waals surface area (Å²) in [5.41, 5.74) is 1.64. The lowest BCUT2D eigenvalue weighted by Gasteiger charge is -2.37. The molecule has 0 radical (unpaired) electrons. The van der Waals surface area contributed by atoms with Crippen molar-refractivity contribution in [1.82, 2.24) is 9.29 Å². The summed E-state index contributed by atoms with van der Waals surface area (Å²) in [5.74, 6) is -1.01. The summed E-state index contributed by atoms with van der Waals surface area (Å²) in [6.45, 7) is 0.0474. The number of rotatable bonds is 4. The Morgan fingerprint density at radius 2 is 1.96 bits per heavy atom. The largest absolute Gasteiger partial charge is 0.548 e. The van der Waals surface area contributed by atoms with Gasteiger partial charge in [-0.2, -0.15) is 4.31 Å². The van der Waals surface area contributed by atoms with E-state index in [9.17, 15) is 18.3 Å². The Morgan fingerprint density at radius 3 is 2.71 bits per heavy atom. The summed E-state index contributed by atoms with van der Waals surface area (Å²) in [6.07, 6.45) is 1.80. The fourth-order valence-electron chi connectivity index (χ4n) is 3.69. The molecule has 0 N–H and O–H groups in total. The fraction of sp³-hybridized carbons (Fsp3) is 0.200. The predicted molar refractivity (Wildman–Crippen MR) is 100 cm³/mol. The van der Waals surface area contributed by atoms with Gasteiger partial charge in [0.1, 0.15) is 11.3 Å². The van der Waals surface area contributed by atoms with Gasteiger partial charge in [0.2, 0.25) is 10.0 Å². The van der Waals surface area contributed by atoms with Crippen LogP contribution in [0.3, 0.4) is 0 Å². The van der Waals surface area contributed by atoms with Gasteiger partial charge in [-0.25, -0.2) is 8.42 Å². The molecule has 1 aliphatic heterocycles. The van der Waals surface area contributed by atoms with Crippen LogP contribution < -0.4 is 9.84 Å². The Labute approximate surface area is 162 Å². The van der Waals surface area contributed by atoms with E-state index in [1.165, 1.54) is 19.4 Å². The molecule has 28 heavy (non-hydrogen) atoms. The Bertz CT molecular complexity index is 1180. The highest BCUT2D eigenvalue weighted by Crippen LogP contribution is 2.36. The number of hydrogen-bond acceptors (Lipinski definition) is 6. The molecule has 1 aromatic heterocycles. The van der Waals surface area contributed by atoms with E-state index in [4.69, 9.17) is 4.74 Å². The minimum absolute atomic E-state index is 0.0120. The van der Waals surface area contributed by atoms with Gasteiger partial charge in [-0.3, -0.25) is 4.98 Å². The van der Waals surface area contributed by atoms with Crippen molar-refractivity contribution < 1.29 is 23.1 Å². The van der Waals surface area contributed by atoms with E-state index in [-0.39, 0.29) is 11.4 Å². The molecule has 4 rings (SSSR count). The molecule has 2 heterocycles. The molecule has 8 heteroatoms. The number of fused-ring (bicyclic) bond motifs is 2. The lowest BCUT2D eigenvalue weighted by atomic mass is 9.94. The minimum atomic E-state index is -4.13. The molecule has 0 fully saturated rings. The average Bonchev–Trinajstić information content (AvgIpc) is 2.71. The summed E-state index contributed by atoms with van der Waals surface area (Å²) in [5, 5.41) is 12.3. The summed E-state index contributed by atoms with van der Waals surface area (Å²) in [6, 6.07) is 11.9. The standard InChI is InChI=1S/C20H18N2O5S/c1-27-16-8-4-7-15-17(9-11-21-18(15)16)28(25,26)22-12-10-13-5-2-3-6-14(13)19(22)20(23)24/h2-9,11,19H,10,12H2,1H3,(H,23,24)/p-1/t19-/m0/s1. The van der Waals surface area contributed by atoms with Crippen molar-refractivity contribution in [3.8, 4) is 5.75 Å². The van der Waals surface area contributed by atoms with Crippen molar-refractivity contribution in [2.45, 2.75) is 17.4 Å². The summed E-state index contributed by atoms with van der Waals surface area (Å²) in [7, 11) is -2.66. The number of para-hydroxylation sites is 1. The van der Waals surface area contributed by atoms with Crippen LogP contribution in [0.5, 0.6) is 5.75 Å². The van der Waals surface area contributed by atoms with Crippen LogP contribution in [-0.4, -0.2) is 37.3 Å². The van der Waals surface area contributed by atoms with Crippen molar-refractivity contribution in [3.05, 3.63) is 65.9 Å². The number of nitrogens with zero attached hydrogens (tertiary/aromatic N) is 2. The summed E-state index contributed by atoms with van der Waals surface area (Å²) < 4.78 is 33.3. The number of hydrogen-bond donors (Lipinski definition) is 0. The van der Waals surface area contributed by atoms with Crippen molar-refractivity contribution in [1.29, 1.82) is 0 Å². The number of pyridine rings is 1. The van der Waals surface area contributed by atoms with Crippen molar-refractivity contribution in [2.75, 3.05) is 13.7 Å². The normalized spacial score (nSPS) is 17.2. The van der Waals surface area contributed by atoms with Crippen LogP contribution in [0.15, 0.2) is 59.6 Å². The highest BCUT2D eigenvalue weighted by molar-refractivity contribution is 7.89. The third-order valence-electron chi connectivity index (χ3n) is 4.96. The Hall–Kier alpha value is -2.97. The Kier molecular flexibility index (Phi) is 4.52. The van der Waals surface area contributed by atoms with E-state index in [1.807, 2.05) is 6.07 Å². The second-order valence-electron chi connectivity index (χ2n) is 6.45. The highest BCUT2D eigenvalue weighted by atomic mass is 32.2. The first-order valence-corrected chi connectivity index (χ1v) is 10.1. The maximum absolute atomic E-state index is 13.5. The highest BCUT2D eigenvalue weighted by Gasteiger charge is 2.38. The maximum Gasteiger partial charge on any atom is 0.244 e. The molecule has 144 valence electrons. The van der Waals surface area contributed by atoms with E-state index in [2.05, 4.69) is 4.98 Å². The Morgan fingerprint density at radius 1 is 1.18 bits per heavy atom. The van der Waals surface area contributed by atoms with Gasteiger partial charge in [-0.15, -0.1) is 0 Å². The van der Waals surface area contributed by atoms with Crippen LogP contribution in [0.4, 0.5) is 0 Å². The topological polar surface area (TPSA) is 99.6 Å². The van der Waals surface area contributed by atoms with Gasteiger partial charge in [0, 0.05) is 18.1 Å². The Balaban J connectivity index is 1.90. The van der Waals surface area contributed by atoms with Crippen LogP contribution in [0.1, 0.15) is 17.2 Å². The number of sulfonamides is 1. The van der Waals surface area contributed by atoms with Gasteiger partial charge < -0.3 is 14.6 Å². The molecule has 1 atom stereocenters. The van der Waals surface area contributed by atoms with Gasteiger partial charge in [0.15, 0.2) is 0 Å². The zero-order valence-electron chi connectivity index (χ0n) is 15.0. The molecule has 0 bridgehead atoms. The first-order valence-electron chi connectivity index (χ1n) is 8.67.